The lowest BCUT2D eigenvalue weighted by Crippen LogP contribution is -2.32. The SMILES string of the molecule is CC(C)(C)OC(=O)NCc1ccc(C(C(N)=O)C2CCc3cc(Cl)cc4[nH]c(C(=O)O)c2c34)c(CC(=O)O)c1. The molecule has 0 saturated heterocycles. The van der Waals surface area contributed by atoms with Crippen LogP contribution in [0.3, 0.4) is 0 Å². The monoisotopic (exact) mass is 555 g/mol. The summed E-state index contributed by atoms with van der Waals surface area (Å²) in [5.74, 6) is -4.61. The van der Waals surface area contributed by atoms with Crippen molar-refractivity contribution in [3.05, 3.63) is 68.9 Å². The molecule has 11 heteroatoms. The van der Waals surface area contributed by atoms with E-state index in [0.717, 1.165) is 5.56 Å². The van der Waals surface area contributed by atoms with Gasteiger partial charge in [-0.1, -0.05) is 29.8 Å². The Morgan fingerprint density at radius 1 is 1.18 bits per heavy atom. The fourth-order valence-electron chi connectivity index (χ4n) is 5.38. The van der Waals surface area contributed by atoms with Crippen LogP contribution < -0.4 is 11.1 Å². The molecular weight excluding hydrogens is 526 g/mol. The third-order valence-electron chi connectivity index (χ3n) is 6.72. The topological polar surface area (TPSA) is 172 Å². The smallest absolute Gasteiger partial charge is 0.407 e. The average molecular weight is 556 g/mol. The van der Waals surface area contributed by atoms with Crippen LogP contribution in [0.2, 0.25) is 5.02 Å². The van der Waals surface area contributed by atoms with Crippen LogP contribution in [0.1, 0.15) is 77.3 Å². The number of nitrogens with two attached hydrogens (primary N) is 1. The van der Waals surface area contributed by atoms with Crippen LogP contribution in [0.4, 0.5) is 4.79 Å². The average Bonchev–Trinajstić information content (AvgIpc) is 3.19. The molecule has 1 heterocycles. The molecule has 0 radical (unpaired) electrons. The van der Waals surface area contributed by atoms with E-state index < -0.39 is 47.8 Å². The van der Waals surface area contributed by atoms with Crippen LogP contribution in [-0.4, -0.2) is 44.7 Å². The molecule has 39 heavy (non-hydrogen) atoms. The van der Waals surface area contributed by atoms with Gasteiger partial charge < -0.3 is 31.0 Å². The van der Waals surface area contributed by atoms with Gasteiger partial charge in [0.05, 0.1) is 12.3 Å². The number of amides is 2. The minimum atomic E-state index is -1.19. The van der Waals surface area contributed by atoms with E-state index in [0.29, 0.717) is 51.0 Å². The van der Waals surface area contributed by atoms with Gasteiger partial charge in [-0.2, -0.15) is 0 Å². The molecule has 4 rings (SSSR count). The number of aryl methyl sites for hydroxylation is 1. The predicted molar refractivity (Wildman–Crippen MR) is 144 cm³/mol. The number of aromatic amines is 1. The maximum absolute atomic E-state index is 13.0. The Hall–Kier alpha value is -4.05. The minimum Gasteiger partial charge on any atom is -0.481 e. The van der Waals surface area contributed by atoms with Gasteiger partial charge in [-0.3, -0.25) is 9.59 Å². The summed E-state index contributed by atoms with van der Waals surface area (Å²) >= 11 is 6.24. The van der Waals surface area contributed by atoms with Crippen LogP contribution in [-0.2, 0) is 33.7 Å². The minimum absolute atomic E-state index is 0.0533. The Bertz CT molecular complexity index is 1490. The van der Waals surface area contributed by atoms with Crippen molar-refractivity contribution in [1.29, 1.82) is 0 Å². The normalized spacial score (nSPS) is 15.5. The van der Waals surface area contributed by atoms with Crippen molar-refractivity contribution in [2.24, 2.45) is 5.73 Å². The number of primary amides is 1. The lowest BCUT2D eigenvalue weighted by Gasteiger charge is -2.31. The second kappa shape index (κ2) is 10.6. The maximum Gasteiger partial charge on any atom is 0.407 e. The molecular formula is C28H30ClN3O7. The van der Waals surface area contributed by atoms with Crippen LogP contribution in [0.5, 0.6) is 0 Å². The van der Waals surface area contributed by atoms with Crippen LogP contribution in [0.25, 0.3) is 10.9 Å². The summed E-state index contributed by atoms with van der Waals surface area (Å²) in [5, 5.41) is 23.4. The van der Waals surface area contributed by atoms with E-state index in [1.807, 2.05) is 0 Å². The Kier molecular flexibility index (Phi) is 7.61. The standard InChI is InChI=1S/C28H30ClN3O7/c1-28(2,3)39-27(38)31-12-13-4-6-17(15(8-13)10-20(33)34)22(25(30)35)18-7-5-14-9-16(29)11-19-21(14)23(18)24(32-19)26(36)37/h4,6,8-9,11,18,22,32H,5,7,10,12H2,1-3H3,(H2,30,35)(H,31,38)(H,33,34)(H,36,37). The summed E-state index contributed by atoms with van der Waals surface area (Å²) < 4.78 is 5.25. The second-order valence-corrected chi connectivity index (χ2v) is 11.1. The number of hydrogen-bond acceptors (Lipinski definition) is 5. The first-order valence-corrected chi connectivity index (χ1v) is 12.8. The highest BCUT2D eigenvalue weighted by molar-refractivity contribution is 6.31. The van der Waals surface area contributed by atoms with Gasteiger partial charge in [-0.05, 0) is 73.6 Å². The number of alkyl carbamates (subject to hydrolysis) is 1. The Morgan fingerprint density at radius 3 is 2.51 bits per heavy atom. The van der Waals surface area contributed by atoms with Crippen molar-refractivity contribution in [3.63, 3.8) is 0 Å². The molecule has 10 nitrogen and oxygen atoms in total. The van der Waals surface area contributed by atoms with E-state index in [1.54, 1.807) is 51.1 Å². The van der Waals surface area contributed by atoms with Gasteiger partial charge in [0.25, 0.3) is 0 Å². The van der Waals surface area contributed by atoms with E-state index in [2.05, 4.69) is 10.3 Å². The van der Waals surface area contributed by atoms with Gasteiger partial charge in [-0.25, -0.2) is 9.59 Å². The highest BCUT2D eigenvalue weighted by atomic mass is 35.5. The largest absolute Gasteiger partial charge is 0.481 e. The summed E-state index contributed by atoms with van der Waals surface area (Å²) in [5.41, 5.74) is 8.41. The van der Waals surface area contributed by atoms with Crippen molar-refractivity contribution in [2.75, 3.05) is 0 Å². The third kappa shape index (κ3) is 6.01. The number of aliphatic carboxylic acids is 1. The number of hydrogen-bond donors (Lipinski definition) is 5. The molecule has 2 unspecified atom stereocenters. The van der Waals surface area contributed by atoms with Crippen LogP contribution >= 0.6 is 11.6 Å². The molecule has 206 valence electrons. The highest BCUT2D eigenvalue weighted by Gasteiger charge is 2.38. The number of carboxylic acid groups (broad SMARTS) is 2. The summed E-state index contributed by atoms with van der Waals surface area (Å²) in [6, 6.07) is 8.33. The van der Waals surface area contributed by atoms with Gasteiger partial charge in [-0.15, -0.1) is 0 Å². The molecule has 1 aliphatic rings. The highest BCUT2D eigenvalue weighted by Crippen LogP contribution is 2.47. The zero-order valence-corrected chi connectivity index (χ0v) is 22.5. The maximum atomic E-state index is 13.0. The first-order valence-electron chi connectivity index (χ1n) is 12.4. The lowest BCUT2D eigenvalue weighted by molar-refractivity contribution is -0.136. The number of rotatable bonds is 8. The summed E-state index contributed by atoms with van der Waals surface area (Å²) in [6.45, 7) is 5.29. The molecule has 0 bridgehead atoms. The van der Waals surface area contributed by atoms with E-state index in [1.165, 1.54) is 0 Å². The summed E-state index contributed by atoms with van der Waals surface area (Å²) in [7, 11) is 0. The van der Waals surface area contributed by atoms with Crippen molar-refractivity contribution >= 4 is 46.4 Å². The number of carbonyl (C=O) groups excluding carboxylic acids is 2. The number of ether oxygens (including phenoxy) is 1. The fraction of sp³-hybridized carbons (Fsp3) is 0.357. The second-order valence-electron chi connectivity index (χ2n) is 10.7. The lowest BCUT2D eigenvalue weighted by atomic mass is 9.72. The number of carbonyl (C=O) groups is 4. The Morgan fingerprint density at radius 2 is 1.90 bits per heavy atom. The van der Waals surface area contributed by atoms with Gasteiger partial charge in [0.15, 0.2) is 0 Å². The molecule has 0 spiro atoms. The van der Waals surface area contributed by atoms with Crippen LogP contribution in [0, 0.1) is 0 Å². The number of aromatic nitrogens is 1. The van der Waals surface area contributed by atoms with Crippen molar-refractivity contribution in [2.45, 2.75) is 64.0 Å². The quantitative estimate of drug-likeness (QED) is 0.273. The van der Waals surface area contributed by atoms with Gasteiger partial charge in [0.2, 0.25) is 5.91 Å². The fourth-order valence-corrected chi connectivity index (χ4v) is 5.62. The first kappa shape index (κ1) is 28.0. The van der Waals surface area contributed by atoms with E-state index in [4.69, 9.17) is 22.1 Å². The summed E-state index contributed by atoms with van der Waals surface area (Å²) in [4.78, 5) is 52.0. The number of nitrogens with one attached hydrogen (secondary N) is 2. The van der Waals surface area contributed by atoms with Gasteiger partial charge in [0, 0.05) is 28.4 Å². The molecule has 0 aliphatic heterocycles. The molecule has 2 amide bonds. The number of benzene rings is 2. The molecule has 1 aliphatic carbocycles. The van der Waals surface area contributed by atoms with Crippen molar-refractivity contribution in [3.8, 4) is 0 Å². The van der Waals surface area contributed by atoms with Crippen LogP contribution in [0.15, 0.2) is 30.3 Å². The zero-order chi connectivity index (χ0) is 28.6. The number of H-pyrrole nitrogens is 1. The molecule has 2 atom stereocenters. The Labute approximate surface area is 229 Å². The van der Waals surface area contributed by atoms with E-state index >= 15 is 0 Å². The summed E-state index contributed by atoms with van der Waals surface area (Å²) in [6.07, 6.45) is -0.0864. The zero-order valence-electron chi connectivity index (χ0n) is 21.8. The Balaban J connectivity index is 1.77. The van der Waals surface area contributed by atoms with E-state index in [9.17, 15) is 29.4 Å². The number of halogens is 1. The van der Waals surface area contributed by atoms with Gasteiger partial charge in [0.1, 0.15) is 11.3 Å². The first-order chi connectivity index (χ1) is 18.2. The van der Waals surface area contributed by atoms with Gasteiger partial charge >= 0.3 is 18.0 Å². The predicted octanol–water partition coefficient (Wildman–Crippen LogP) is 4.47. The number of carboxylic acids is 2. The molecule has 3 aromatic rings. The molecule has 1 aromatic heterocycles. The number of aromatic carboxylic acids is 1. The molecule has 6 N–H and O–H groups in total. The third-order valence-corrected chi connectivity index (χ3v) is 6.94. The van der Waals surface area contributed by atoms with Crippen molar-refractivity contribution < 1.29 is 34.1 Å². The van der Waals surface area contributed by atoms with Crippen molar-refractivity contribution in [1.82, 2.24) is 10.3 Å². The van der Waals surface area contributed by atoms with E-state index in [-0.39, 0.29) is 12.2 Å². The molecule has 2 aromatic carbocycles. The molecule has 0 fully saturated rings. The molecule has 0 saturated carbocycles.